The van der Waals surface area contributed by atoms with Crippen molar-refractivity contribution in [3.8, 4) is 0 Å². The van der Waals surface area contributed by atoms with Crippen molar-refractivity contribution in [1.29, 1.82) is 0 Å². The Kier molecular flexibility index (Phi) is 9.71. The van der Waals surface area contributed by atoms with Gasteiger partial charge in [0.05, 0.1) is 16.9 Å². The maximum Gasteiger partial charge on any atom is 0.253 e. The molecule has 0 atom stereocenters. The summed E-state index contributed by atoms with van der Waals surface area (Å²) in [5.41, 5.74) is 1.46. The molecular weight excluding hydrogens is 416 g/mol. The Labute approximate surface area is 199 Å². The lowest BCUT2D eigenvalue weighted by Crippen LogP contribution is -2.51. The molecule has 0 aromatic heterocycles. The van der Waals surface area contributed by atoms with E-state index in [2.05, 4.69) is 27.4 Å². The lowest BCUT2D eigenvalue weighted by Gasteiger charge is -2.40. The Balaban J connectivity index is 1.57. The maximum atomic E-state index is 13.1. The van der Waals surface area contributed by atoms with Gasteiger partial charge in [0, 0.05) is 63.8 Å². The van der Waals surface area contributed by atoms with E-state index in [9.17, 15) is 9.90 Å². The highest BCUT2D eigenvalue weighted by molar-refractivity contribution is 6.04. The van der Waals surface area contributed by atoms with Crippen LogP contribution in [0.4, 0.5) is 5.69 Å². The minimum Gasteiger partial charge on any atom is -0.388 e. The molecule has 0 unspecified atom stereocenters. The van der Waals surface area contributed by atoms with E-state index in [0.29, 0.717) is 24.3 Å². The number of nitrogens with zero attached hydrogens (tertiary/aromatic N) is 2. The smallest absolute Gasteiger partial charge is 0.253 e. The standard InChI is InChI=1S/C26H42N4O3/c1-4-12-27-24-22(17-28-20(2)3)6-5-7-23(24)25(31)29-19-26(32)10-13-30(14-11-26)18-21-8-15-33-16-9-21/h5-7,17,20-21,27,32H,4,8-16,18-19H2,1-3H3,(H,29,31). The van der Waals surface area contributed by atoms with Crippen LogP contribution in [0.1, 0.15) is 68.8 Å². The monoisotopic (exact) mass is 458 g/mol. The molecule has 0 spiro atoms. The summed E-state index contributed by atoms with van der Waals surface area (Å²) < 4.78 is 5.46. The fraction of sp³-hybridized carbons (Fsp3) is 0.692. The molecule has 0 bridgehead atoms. The summed E-state index contributed by atoms with van der Waals surface area (Å²) in [6.07, 6.45) is 6.41. The minimum absolute atomic E-state index is 0.161. The van der Waals surface area contributed by atoms with E-state index in [4.69, 9.17) is 4.74 Å². The van der Waals surface area contributed by atoms with Crippen molar-refractivity contribution in [1.82, 2.24) is 10.2 Å². The zero-order valence-electron chi connectivity index (χ0n) is 20.6. The number of carbonyl (C=O) groups is 1. The number of amides is 1. The predicted molar refractivity (Wildman–Crippen MR) is 134 cm³/mol. The molecule has 2 saturated heterocycles. The van der Waals surface area contributed by atoms with E-state index in [1.807, 2.05) is 38.3 Å². The second-order valence-electron chi connectivity index (χ2n) is 9.83. The van der Waals surface area contributed by atoms with Gasteiger partial charge in [0.25, 0.3) is 5.91 Å². The normalized spacial score (nSPS) is 19.8. The number of hydrogen-bond donors (Lipinski definition) is 3. The number of carbonyl (C=O) groups excluding carboxylic acids is 1. The van der Waals surface area contributed by atoms with E-state index in [-0.39, 0.29) is 18.5 Å². The third-order valence-corrected chi connectivity index (χ3v) is 6.63. The third-order valence-electron chi connectivity index (χ3n) is 6.63. The highest BCUT2D eigenvalue weighted by Gasteiger charge is 2.33. The van der Waals surface area contributed by atoms with Crippen LogP contribution >= 0.6 is 0 Å². The van der Waals surface area contributed by atoms with Gasteiger partial charge >= 0.3 is 0 Å². The van der Waals surface area contributed by atoms with Gasteiger partial charge in [0.2, 0.25) is 0 Å². The number of anilines is 1. The van der Waals surface area contributed by atoms with E-state index >= 15 is 0 Å². The van der Waals surface area contributed by atoms with Crippen molar-refractivity contribution in [2.24, 2.45) is 10.9 Å². The molecule has 0 saturated carbocycles. The van der Waals surface area contributed by atoms with Gasteiger partial charge in [0.1, 0.15) is 0 Å². The van der Waals surface area contributed by atoms with Crippen molar-refractivity contribution in [3.05, 3.63) is 29.3 Å². The average molecular weight is 459 g/mol. The topological polar surface area (TPSA) is 86.2 Å². The molecule has 0 radical (unpaired) electrons. The molecule has 3 N–H and O–H groups in total. The van der Waals surface area contributed by atoms with Gasteiger partial charge in [-0.3, -0.25) is 9.79 Å². The number of piperidine rings is 1. The summed E-state index contributed by atoms with van der Waals surface area (Å²) in [5.74, 6) is 0.539. The van der Waals surface area contributed by atoms with Crippen molar-refractivity contribution in [2.45, 2.75) is 64.5 Å². The molecule has 2 aliphatic rings. The molecule has 2 fully saturated rings. The van der Waals surface area contributed by atoms with Crippen molar-refractivity contribution in [2.75, 3.05) is 51.3 Å². The second kappa shape index (κ2) is 12.5. The third kappa shape index (κ3) is 7.80. The zero-order chi connectivity index (χ0) is 23.7. The van der Waals surface area contributed by atoms with Crippen LogP contribution in [0.15, 0.2) is 23.2 Å². The van der Waals surface area contributed by atoms with Crippen molar-refractivity contribution < 1.29 is 14.6 Å². The Hall–Kier alpha value is -1.96. The molecule has 33 heavy (non-hydrogen) atoms. The zero-order valence-corrected chi connectivity index (χ0v) is 20.6. The molecule has 2 aliphatic heterocycles. The molecule has 1 aromatic rings. The van der Waals surface area contributed by atoms with Gasteiger partial charge in [-0.1, -0.05) is 19.1 Å². The first-order chi connectivity index (χ1) is 15.9. The molecular formula is C26H42N4O3. The number of para-hydroxylation sites is 1. The van der Waals surface area contributed by atoms with E-state index in [1.165, 1.54) is 0 Å². The number of aliphatic hydroxyl groups is 1. The molecule has 0 aliphatic carbocycles. The van der Waals surface area contributed by atoms with Crippen LogP contribution in [0.2, 0.25) is 0 Å². The Morgan fingerprint density at radius 1 is 1.30 bits per heavy atom. The highest BCUT2D eigenvalue weighted by atomic mass is 16.5. The van der Waals surface area contributed by atoms with Crippen LogP contribution in [0.5, 0.6) is 0 Å². The number of ether oxygens (including phenoxy) is 1. The Morgan fingerprint density at radius 2 is 2.03 bits per heavy atom. The average Bonchev–Trinajstić information content (AvgIpc) is 2.82. The highest BCUT2D eigenvalue weighted by Crippen LogP contribution is 2.25. The van der Waals surface area contributed by atoms with E-state index < -0.39 is 5.60 Å². The van der Waals surface area contributed by atoms with Gasteiger partial charge < -0.3 is 25.4 Å². The van der Waals surface area contributed by atoms with Crippen molar-refractivity contribution in [3.63, 3.8) is 0 Å². The predicted octanol–water partition coefficient (Wildman–Crippen LogP) is 3.32. The molecule has 3 rings (SSSR count). The van der Waals surface area contributed by atoms with Gasteiger partial charge in [0.15, 0.2) is 0 Å². The van der Waals surface area contributed by atoms with Gasteiger partial charge in [-0.2, -0.15) is 0 Å². The number of aliphatic imine (C=N–C) groups is 1. The molecule has 1 amide bonds. The van der Waals surface area contributed by atoms with Crippen LogP contribution in [0.3, 0.4) is 0 Å². The van der Waals surface area contributed by atoms with Crippen LogP contribution in [0.25, 0.3) is 0 Å². The Morgan fingerprint density at radius 3 is 2.70 bits per heavy atom. The van der Waals surface area contributed by atoms with Gasteiger partial charge in [-0.15, -0.1) is 0 Å². The summed E-state index contributed by atoms with van der Waals surface area (Å²) >= 11 is 0. The number of likely N-dealkylation sites (tertiary alicyclic amines) is 1. The summed E-state index contributed by atoms with van der Waals surface area (Å²) in [6.45, 7) is 11.8. The molecule has 7 heteroatoms. The fourth-order valence-electron chi connectivity index (χ4n) is 4.51. The lowest BCUT2D eigenvalue weighted by atomic mass is 9.90. The Bertz CT molecular complexity index is 782. The number of benzene rings is 1. The number of hydrogen-bond acceptors (Lipinski definition) is 6. The van der Waals surface area contributed by atoms with Crippen LogP contribution in [-0.4, -0.2) is 79.7 Å². The van der Waals surface area contributed by atoms with E-state index in [1.54, 1.807) is 0 Å². The quantitative estimate of drug-likeness (QED) is 0.468. The van der Waals surface area contributed by atoms with Crippen LogP contribution in [-0.2, 0) is 4.74 Å². The van der Waals surface area contributed by atoms with Gasteiger partial charge in [-0.25, -0.2) is 0 Å². The number of nitrogens with one attached hydrogen (secondary N) is 2. The minimum atomic E-state index is -0.852. The summed E-state index contributed by atoms with van der Waals surface area (Å²) in [7, 11) is 0. The first-order valence-electron chi connectivity index (χ1n) is 12.6. The van der Waals surface area contributed by atoms with E-state index in [0.717, 1.165) is 69.9 Å². The fourth-order valence-corrected chi connectivity index (χ4v) is 4.51. The molecule has 7 nitrogen and oxygen atoms in total. The maximum absolute atomic E-state index is 13.1. The summed E-state index contributed by atoms with van der Waals surface area (Å²) in [6, 6.07) is 5.88. The summed E-state index contributed by atoms with van der Waals surface area (Å²) in [4.78, 5) is 20.1. The van der Waals surface area contributed by atoms with Gasteiger partial charge in [-0.05, 0) is 57.9 Å². The van der Waals surface area contributed by atoms with Crippen LogP contribution in [0, 0.1) is 5.92 Å². The molecule has 1 aromatic carbocycles. The molecule has 2 heterocycles. The van der Waals surface area contributed by atoms with Crippen LogP contribution < -0.4 is 10.6 Å². The first-order valence-corrected chi connectivity index (χ1v) is 12.6. The van der Waals surface area contributed by atoms with Crippen molar-refractivity contribution >= 4 is 17.8 Å². The first kappa shape index (κ1) is 25.7. The number of rotatable bonds is 10. The second-order valence-corrected chi connectivity index (χ2v) is 9.83. The lowest BCUT2D eigenvalue weighted by molar-refractivity contribution is -0.0272. The molecule has 184 valence electrons. The SMILES string of the molecule is CCCNc1c(C=NC(C)C)cccc1C(=O)NCC1(O)CCN(CC2CCOCC2)CC1. The summed E-state index contributed by atoms with van der Waals surface area (Å²) in [5, 5.41) is 17.5. The largest absolute Gasteiger partial charge is 0.388 e.